The fourth-order valence-electron chi connectivity index (χ4n) is 5.44. The SMILES string of the molecule is CCCCCCCc1ncc(-c2ccc(CC3CCN(C)CC3)cn2)c(NC2CCC(O)CC2)n1. The van der Waals surface area contributed by atoms with Gasteiger partial charge in [0, 0.05) is 24.9 Å². The van der Waals surface area contributed by atoms with E-state index in [4.69, 9.17) is 15.0 Å². The van der Waals surface area contributed by atoms with Gasteiger partial charge in [-0.15, -0.1) is 0 Å². The Kier molecular flexibility index (Phi) is 9.90. The highest BCUT2D eigenvalue weighted by Gasteiger charge is 2.22. The van der Waals surface area contributed by atoms with Crippen LogP contribution in [0.4, 0.5) is 5.82 Å². The normalized spacial score (nSPS) is 21.8. The van der Waals surface area contributed by atoms with Crippen LogP contribution >= 0.6 is 0 Å². The maximum atomic E-state index is 9.92. The number of piperidine rings is 1. The van der Waals surface area contributed by atoms with Crippen molar-refractivity contribution in [2.45, 2.75) is 103 Å². The second-order valence-electron chi connectivity index (χ2n) is 10.9. The van der Waals surface area contributed by atoms with Crippen molar-refractivity contribution in [1.29, 1.82) is 0 Å². The first kappa shape index (κ1) is 26.0. The number of likely N-dealkylation sites (tertiary alicyclic amines) is 1. The zero-order valence-electron chi connectivity index (χ0n) is 21.9. The molecule has 0 aromatic carbocycles. The number of aliphatic hydroxyl groups excluding tert-OH is 1. The number of pyridine rings is 1. The highest BCUT2D eigenvalue weighted by atomic mass is 16.3. The zero-order valence-corrected chi connectivity index (χ0v) is 21.9. The first-order valence-electron chi connectivity index (χ1n) is 14.0. The molecular weight excluding hydrogens is 434 g/mol. The van der Waals surface area contributed by atoms with E-state index in [2.05, 4.69) is 42.5 Å². The molecule has 2 fully saturated rings. The molecule has 0 bridgehead atoms. The lowest BCUT2D eigenvalue weighted by Gasteiger charge is -2.29. The van der Waals surface area contributed by atoms with Crippen LogP contribution < -0.4 is 5.32 Å². The summed E-state index contributed by atoms with van der Waals surface area (Å²) in [5, 5.41) is 13.6. The number of hydrogen-bond donors (Lipinski definition) is 2. The van der Waals surface area contributed by atoms with Crippen LogP contribution in [0.1, 0.15) is 88.9 Å². The van der Waals surface area contributed by atoms with Gasteiger partial charge in [0.2, 0.25) is 0 Å². The summed E-state index contributed by atoms with van der Waals surface area (Å²) in [7, 11) is 2.22. The van der Waals surface area contributed by atoms with E-state index in [0.717, 1.165) is 73.8 Å². The van der Waals surface area contributed by atoms with Crippen LogP contribution in [-0.4, -0.2) is 57.2 Å². The molecule has 1 saturated heterocycles. The number of nitrogens with one attached hydrogen (secondary N) is 1. The fourth-order valence-corrected chi connectivity index (χ4v) is 5.44. The average molecular weight is 480 g/mol. The maximum Gasteiger partial charge on any atom is 0.139 e. The number of hydrogen-bond acceptors (Lipinski definition) is 6. The van der Waals surface area contributed by atoms with Crippen molar-refractivity contribution in [3.8, 4) is 11.3 Å². The lowest BCUT2D eigenvalue weighted by Crippen LogP contribution is -2.30. The molecule has 2 N–H and O–H groups in total. The number of aromatic nitrogens is 3. The lowest BCUT2D eigenvalue weighted by molar-refractivity contribution is 0.126. The van der Waals surface area contributed by atoms with E-state index in [1.807, 2.05) is 6.20 Å². The Morgan fingerprint density at radius 1 is 0.943 bits per heavy atom. The molecule has 2 aromatic heterocycles. The van der Waals surface area contributed by atoms with E-state index in [9.17, 15) is 5.11 Å². The molecule has 2 aromatic rings. The quantitative estimate of drug-likeness (QED) is 0.406. The van der Waals surface area contributed by atoms with E-state index < -0.39 is 0 Å². The van der Waals surface area contributed by atoms with Crippen LogP contribution in [0.3, 0.4) is 0 Å². The highest BCUT2D eigenvalue weighted by Crippen LogP contribution is 2.29. The summed E-state index contributed by atoms with van der Waals surface area (Å²) in [5.74, 6) is 2.58. The third-order valence-corrected chi connectivity index (χ3v) is 7.84. The van der Waals surface area contributed by atoms with E-state index >= 15 is 0 Å². The minimum absolute atomic E-state index is 0.157. The van der Waals surface area contributed by atoms with Crippen LogP contribution in [0.15, 0.2) is 24.5 Å². The van der Waals surface area contributed by atoms with Crippen LogP contribution in [0.5, 0.6) is 0 Å². The Labute approximate surface area is 212 Å². The van der Waals surface area contributed by atoms with Crippen molar-refractivity contribution in [2.75, 3.05) is 25.5 Å². The number of aryl methyl sites for hydroxylation is 1. The predicted octanol–water partition coefficient (Wildman–Crippen LogP) is 5.65. The molecule has 0 spiro atoms. The Hall–Kier alpha value is -2.05. The van der Waals surface area contributed by atoms with Crippen LogP contribution in [0.25, 0.3) is 11.3 Å². The largest absolute Gasteiger partial charge is 0.393 e. The van der Waals surface area contributed by atoms with Gasteiger partial charge in [-0.25, -0.2) is 9.97 Å². The maximum absolute atomic E-state index is 9.92. The molecule has 0 radical (unpaired) electrons. The monoisotopic (exact) mass is 479 g/mol. The molecule has 1 saturated carbocycles. The van der Waals surface area contributed by atoms with E-state index in [-0.39, 0.29) is 6.10 Å². The zero-order chi connectivity index (χ0) is 24.5. The molecule has 1 aliphatic carbocycles. The molecule has 1 aliphatic heterocycles. The number of nitrogens with zero attached hydrogens (tertiary/aromatic N) is 4. The second-order valence-corrected chi connectivity index (χ2v) is 10.9. The molecule has 0 amide bonds. The summed E-state index contributed by atoms with van der Waals surface area (Å²) in [6.07, 6.45) is 18.3. The summed E-state index contributed by atoms with van der Waals surface area (Å²) in [4.78, 5) is 17.0. The number of aliphatic hydroxyl groups is 1. The Balaban J connectivity index is 1.45. The van der Waals surface area contributed by atoms with Gasteiger partial charge in [-0.1, -0.05) is 38.7 Å². The minimum Gasteiger partial charge on any atom is -0.393 e. The molecule has 0 atom stereocenters. The van der Waals surface area contributed by atoms with Gasteiger partial charge in [-0.2, -0.15) is 0 Å². The Morgan fingerprint density at radius 3 is 2.43 bits per heavy atom. The molecule has 3 heterocycles. The minimum atomic E-state index is -0.157. The topological polar surface area (TPSA) is 74.2 Å². The predicted molar refractivity (Wildman–Crippen MR) is 144 cm³/mol. The van der Waals surface area contributed by atoms with Gasteiger partial charge in [0.25, 0.3) is 0 Å². The first-order valence-corrected chi connectivity index (χ1v) is 14.0. The van der Waals surface area contributed by atoms with E-state index in [1.54, 1.807) is 0 Å². The van der Waals surface area contributed by atoms with E-state index in [0.29, 0.717) is 6.04 Å². The average Bonchev–Trinajstić information content (AvgIpc) is 2.87. The van der Waals surface area contributed by atoms with Gasteiger partial charge in [-0.05, 0) is 89.1 Å². The number of anilines is 1. The summed E-state index contributed by atoms with van der Waals surface area (Å²) < 4.78 is 0. The highest BCUT2D eigenvalue weighted by molar-refractivity contribution is 5.71. The van der Waals surface area contributed by atoms with Crippen LogP contribution in [-0.2, 0) is 12.8 Å². The van der Waals surface area contributed by atoms with Gasteiger partial charge in [-0.3, -0.25) is 4.98 Å². The first-order chi connectivity index (χ1) is 17.1. The number of rotatable bonds is 11. The summed E-state index contributed by atoms with van der Waals surface area (Å²) in [5.41, 5.74) is 3.24. The van der Waals surface area contributed by atoms with Crippen molar-refractivity contribution in [3.05, 3.63) is 35.9 Å². The molecule has 4 rings (SSSR count). The molecule has 0 unspecified atom stereocenters. The van der Waals surface area contributed by atoms with Crippen LogP contribution in [0, 0.1) is 5.92 Å². The van der Waals surface area contributed by atoms with Crippen molar-refractivity contribution in [2.24, 2.45) is 5.92 Å². The molecule has 6 nitrogen and oxygen atoms in total. The van der Waals surface area contributed by atoms with Crippen molar-refractivity contribution in [1.82, 2.24) is 19.9 Å². The Bertz CT molecular complexity index is 886. The number of unbranched alkanes of at least 4 members (excludes halogenated alkanes) is 4. The summed E-state index contributed by atoms with van der Waals surface area (Å²) in [6, 6.07) is 4.72. The van der Waals surface area contributed by atoms with E-state index in [1.165, 1.54) is 57.2 Å². The van der Waals surface area contributed by atoms with Crippen molar-refractivity contribution >= 4 is 5.82 Å². The fraction of sp³-hybridized carbons (Fsp3) is 0.690. The van der Waals surface area contributed by atoms with Crippen molar-refractivity contribution in [3.63, 3.8) is 0 Å². The molecule has 6 heteroatoms. The molecule has 192 valence electrons. The van der Waals surface area contributed by atoms with Gasteiger partial charge in [0.1, 0.15) is 11.6 Å². The van der Waals surface area contributed by atoms with Gasteiger partial charge < -0.3 is 15.3 Å². The Morgan fingerprint density at radius 2 is 1.71 bits per heavy atom. The van der Waals surface area contributed by atoms with Gasteiger partial charge in [0.15, 0.2) is 0 Å². The smallest absolute Gasteiger partial charge is 0.139 e. The van der Waals surface area contributed by atoms with Gasteiger partial charge in [0.05, 0.1) is 17.4 Å². The van der Waals surface area contributed by atoms with Crippen molar-refractivity contribution < 1.29 is 5.11 Å². The molecule has 35 heavy (non-hydrogen) atoms. The summed E-state index contributed by atoms with van der Waals surface area (Å²) >= 11 is 0. The lowest BCUT2D eigenvalue weighted by atomic mass is 9.91. The summed E-state index contributed by atoms with van der Waals surface area (Å²) in [6.45, 7) is 4.65. The van der Waals surface area contributed by atoms with Crippen LogP contribution in [0.2, 0.25) is 0 Å². The second kappa shape index (κ2) is 13.3. The standard InChI is InChI=1S/C29H45N5O/c1-3-4-5-6-7-8-28-31-21-26(29(33-28)32-24-10-12-25(35)13-11-24)27-14-9-23(20-30-27)19-22-15-17-34(2)18-16-22/h9,14,20-22,24-25,35H,3-8,10-13,15-19H2,1-2H3,(H,31,32,33). The third kappa shape index (κ3) is 7.97. The van der Waals surface area contributed by atoms with Gasteiger partial charge >= 0.3 is 0 Å². The molecular formula is C29H45N5O. The third-order valence-electron chi connectivity index (χ3n) is 7.84. The molecule has 2 aliphatic rings.